The second-order valence-electron chi connectivity index (χ2n) is 6.24. The molecule has 0 spiro atoms. The molecule has 0 fully saturated rings. The summed E-state index contributed by atoms with van der Waals surface area (Å²) in [6.45, 7) is 4.79. The molecule has 156 valence electrons. The predicted octanol–water partition coefficient (Wildman–Crippen LogP) is 4.21. The number of hydrogen-bond acceptors (Lipinski definition) is 5. The minimum atomic E-state index is -0.469. The summed E-state index contributed by atoms with van der Waals surface area (Å²) < 4.78 is 16.8. The highest BCUT2D eigenvalue weighted by molar-refractivity contribution is 9.10. The molecule has 0 aliphatic heterocycles. The molecule has 2 aromatic rings. The lowest BCUT2D eigenvalue weighted by Crippen LogP contribution is -2.31. The van der Waals surface area contributed by atoms with Crippen LogP contribution in [0.25, 0.3) is 0 Å². The van der Waals surface area contributed by atoms with Crippen molar-refractivity contribution in [2.45, 2.75) is 32.7 Å². The largest absolute Gasteiger partial charge is 0.490 e. The lowest BCUT2D eigenvalue weighted by atomic mass is 10.0. The van der Waals surface area contributed by atoms with Gasteiger partial charge < -0.3 is 19.5 Å². The van der Waals surface area contributed by atoms with E-state index in [9.17, 15) is 9.59 Å². The monoisotopic (exact) mass is 463 g/mol. The van der Waals surface area contributed by atoms with Gasteiger partial charge in [0.05, 0.1) is 39.2 Å². The normalized spacial score (nSPS) is 11.4. The summed E-state index contributed by atoms with van der Waals surface area (Å²) in [4.78, 5) is 24.5. The number of esters is 1. The molecular formula is C22H26BrNO5. The molecule has 0 bridgehead atoms. The summed E-state index contributed by atoms with van der Waals surface area (Å²) >= 11 is 3.50. The van der Waals surface area contributed by atoms with Gasteiger partial charge >= 0.3 is 5.97 Å². The van der Waals surface area contributed by atoms with Crippen LogP contribution in [0, 0.1) is 0 Å². The third-order valence-electron chi connectivity index (χ3n) is 4.20. The summed E-state index contributed by atoms with van der Waals surface area (Å²) in [6.07, 6.45) is 0.179. The number of amides is 1. The van der Waals surface area contributed by atoms with E-state index in [-0.39, 0.29) is 24.7 Å². The molecule has 1 unspecified atom stereocenters. The Balaban J connectivity index is 2.18. The lowest BCUT2D eigenvalue weighted by molar-refractivity contribution is -0.141. The van der Waals surface area contributed by atoms with Crippen molar-refractivity contribution in [1.29, 1.82) is 0 Å². The van der Waals surface area contributed by atoms with Crippen LogP contribution in [0.3, 0.4) is 0 Å². The second kappa shape index (κ2) is 11.5. The van der Waals surface area contributed by atoms with E-state index in [1.807, 2.05) is 44.2 Å². The molecule has 0 saturated heterocycles. The van der Waals surface area contributed by atoms with Crippen LogP contribution in [0.4, 0.5) is 0 Å². The average Bonchev–Trinajstić information content (AvgIpc) is 2.71. The fraction of sp³-hybridized carbons (Fsp3) is 0.364. The molecule has 1 amide bonds. The van der Waals surface area contributed by atoms with Gasteiger partial charge in [-0.25, -0.2) is 0 Å². The molecule has 7 heteroatoms. The van der Waals surface area contributed by atoms with E-state index in [1.54, 1.807) is 12.1 Å². The van der Waals surface area contributed by atoms with E-state index >= 15 is 0 Å². The Labute approximate surface area is 179 Å². The number of rotatable bonds is 10. The van der Waals surface area contributed by atoms with Crippen LogP contribution in [-0.4, -0.2) is 32.2 Å². The predicted molar refractivity (Wildman–Crippen MR) is 114 cm³/mol. The van der Waals surface area contributed by atoms with Crippen LogP contribution in [0.5, 0.6) is 11.5 Å². The second-order valence-corrected chi connectivity index (χ2v) is 7.10. The van der Waals surface area contributed by atoms with Gasteiger partial charge in [-0.15, -0.1) is 0 Å². The first-order valence-electron chi connectivity index (χ1n) is 9.47. The van der Waals surface area contributed by atoms with Crippen LogP contribution in [0.15, 0.2) is 46.9 Å². The standard InChI is InChI=1S/C22H26BrNO5/c1-4-28-19-11-16(17(23)13-20(19)29-5-2)12-21(25)24-18(14-22(26)27-3)15-9-7-6-8-10-15/h6-11,13,18H,4-5,12,14H2,1-3H3,(H,24,25). The zero-order valence-corrected chi connectivity index (χ0v) is 18.5. The Bertz CT molecular complexity index is 825. The number of hydrogen-bond donors (Lipinski definition) is 1. The molecule has 0 aliphatic rings. The molecule has 6 nitrogen and oxygen atoms in total. The third-order valence-corrected chi connectivity index (χ3v) is 4.94. The van der Waals surface area contributed by atoms with E-state index < -0.39 is 6.04 Å². The Kier molecular flexibility index (Phi) is 8.99. The van der Waals surface area contributed by atoms with Crippen molar-refractivity contribution in [1.82, 2.24) is 5.32 Å². The van der Waals surface area contributed by atoms with Gasteiger partial charge in [0.1, 0.15) is 0 Å². The van der Waals surface area contributed by atoms with Gasteiger partial charge in [0, 0.05) is 4.47 Å². The Morgan fingerprint density at radius 3 is 2.24 bits per heavy atom. The van der Waals surface area contributed by atoms with Gasteiger partial charge in [-0.2, -0.15) is 0 Å². The van der Waals surface area contributed by atoms with E-state index in [0.717, 1.165) is 15.6 Å². The Morgan fingerprint density at radius 1 is 1.03 bits per heavy atom. The van der Waals surface area contributed by atoms with Gasteiger partial charge in [0.15, 0.2) is 11.5 Å². The highest BCUT2D eigenvalue weighted by Gasteiger charge is 2.20. The third kappa shape index (κ3) is 6.78. The molecule has 0 heterocycles. The summed E-state index contributed by atoms with van der Waals surface area (Å²) in [5.41, 5.74) is 1.60. The molecule has 29 heavy (non-hydrogen) atoms. The molecule has 1 N–H and O–H groups in total. The SMILES string of the molecule is CCOc1cc(Br)c(CC(=O)NC(CC(=O)OC)c2ccccc2)cc1OCC. The minimum absolute atomic E-state index is 0.0564. The van der Waals surface area contributed by atoms with Crippen molar-refractivity contribution in [2.24, 2.45) is 0 Å². The molecule has 2 aromatic carbocycles. The van der Waals surface area contributed by atoms with Gasteiger partial charge in [-0.05, 0) is 37.1 Å². The van der Waals surface area contributed by atoms with E-state index in [0.29, 0.717) is 24.7 Å². The van der Waals surface area contributed by atoms with Gasteiger partial charge in [-0.3, -0.25) is 9.59 Å². The number of benzene rings is 2. The van der Waals surface area contributed by atoms with Crippen LogP contribution >= 0.6 is 15.9 Å². The molecular weight excluding hydrogens is 438 g/mol. The van der Waals surface area contributed by atoms with Crippen molar-refractivity contribution in [2.75, 3.05) is 20.3 Å². The van der Waals surface area contributed by atoms with E-state index in [2.05, 4.69) is 21.2 Å². The number of nitrogens with one attached hydrogen (secondary N) is 1. The van der Waals surface area contributed by atoms with Gasteiger partial charge in [0.2, 0.25) is 5.91 Å². The number of carbonyl (C=O) groups excluding carboxylic acids is 2. The zero-order chi connectivity index (χ0) is 21.2. The smallest absolute Gasteiger partial charge is 0.307 e. The van der Waals surface area contributed by atoms with Crippen molar-refractivity contribution in [3.05, 3.63) is 58.1 Å². The molecule has 2 rings (SSSR count). The fourth-order valence-corrected chi connectivity index (χ4v) is 3.32. The summed E-state index contributed by atoms with van der Waals surface area (Å²) in [5, 5.41) is 2.93. The van der Waals surface area contributed by atoms with Gasteiger partial charge in [-0.1, -0.05) is 46.3 Å². The quantitative estimate of drug-likeness (QED) is 0.534. The Hall–Kier alpha value is -2.54. The van der Waals surface area contributed by atoms with Crippen molar-refractivity contribution in [3.63, 3.8) is 0 Å². The molecule has 1 atom stereocenters. The first-order chi connectivity index (χ1) is 14.0. The van der Waals surface area contributed by atoms with Crippen molar-refractivity contribution >= 4 is 27.8 Å². The van der Waals surface area contributed by atoms with Crippen molar-refractivity contribution in [3.8, 4) is 11.5 Å². The molecule has 0 saturated carbocycles. The number of halogens is 1. The highest BCUT2D eigenvalue weighted by Crippen LogP contribution is 2.34. The summed E-state index contributed by atoms with van der Waals surface area (Å²) in [5.74, 6) is 0.614. The van der Waals surface area contributed by atoms with Crippen LogP contribution < -0.4 is 14.8 Å². The fourth-order valence-electron chi connectivity index (χ4n) is 2.86. The maximum Gasteiger partial charge on any atom is 0.307 e. The first-order valence-corrected chi connectivity index (χ1v) is 10.3. The average molecular weight is 464 g/mol. The molecule has 0 radical (unpaired) electrons. The van der Waals surface area contributed by atoms with E-state index in [1.165, 1.54) is 7.11 Å². The number of carbonyl (C=O) groups is 2. The topological polar surface area (TPSA) is 73.9 Å². The lowest BCUT2D eigenvalue weighted by Gasteiger charge is -2.19. The van der Waals surface area contributed by atoms with E-state index in [4.69, 9.17) is 14.2 Å². The zero-order valence-electron chi connectivity index (χ0n) is 16.9. The highest BCUT2D eigenvalue weighted by atomic mass is 79.9. The maximum atomic E-state index is 12.7. The van der Waals surface area contributed by atoms with Gasteiger partial charge in [0.25, 0.3) is 0 Å². The summed E-state index contributed by atoms with van der Waals surface area (Å²) in [6, 6.07) is 12.5. The van der Waals surface area contributed by atoms with Crippen molar-refractivity contribution < 1.29 is 23.8 Å². The minimum Gasteiger partial charge on any atom is -0.490 e. The molecule has 0 aromatic heterocycles. The summed E-state index contributed by atoms with van der Waals surface area (Å²) in [7, 11) is 1.33. The van der Waals surface area contributed by atoms with Crippen LogP contribution in [0.1, 0.15) is 37.4 Å². The number of methoxy groups -OCH3 is 1. The van der Waals surface area contributed by atoms with Crippen LogP contribution in [0.2, 0.25) is 0 Å². The number of ether oxygens (including phenoxy) is 3. The Morgan fingerprint density at radius 2 is 1.66 bits per heavy atom. The maximum absolute atomic E-state index is 12.7. The molecule has 0 aliphatic carbocycles. The first kappa shape index (κ1) is 22.7. The van der Waals surface area contributed by atoms with Crippen LogP contribution in [-0.2, 0) is 20.7 Å².